The zero-order valence-electron chi connectivity index (χ0n) is 16.0. The van der Waals surface area contributed by atoms with Gasteiger partial charge in [0.05, 0.1) is 4.88 Å². The van der Waals surface area contributed by atoms with Crippen LogP contribution in [0.15, 0.2) is 9.62 Å². The second-order valence-electron chi connectivity index (χ2n) is 7.65. The molecule has 0 N–H and O–H groups in total. The zero-order valence-corrected chi connectivity index (χ0v) is 18.5. The maximum atomic E-state index is 14.7. The first-order chi connectivity index (χ1) is 11.5. The molecule has 1 aromatic heterocycles. The fourth-order valence-electron chi connectivity index (χ4n) is 3.98. The van der Waals surface area contributed by atoms with Crippen molar-refractivity contribution >= 4 is 35.8 Å². The van der Waals surface area contributed by atoms with E-state index in [0.29, 0.717) is 11.8 Å². The summed E-state index contributed by atoms with van der Waals surface area (Å²) in [7, 11) is 0.838. The van der Waals surface area contributed by atoms with Crippen LogP contribution in [0.5, 0.6) is 0 Å². The fourth-order valence-corrected chi connectivity index (χ4v) is 14.0. The second kappa shape index (κ2) is 8.64. The summed E-state index contributed by atoms with van der Waals surface area (Å²) in [6.45, 7) is 9.09. The standard InChI is InChI=1S/C20H36OS3/c1-5-9-11-17(7-3)15-24(21,14-13-19-20(24)23-22-19)16-18(8-4)12-10-6-2/h13-14,17-18H,5-12,15-16H2,1-4H3. The molecule has 140 valence electrons. The maximum Gasteiger partial charge on any atom is 0.102 e. The number of hydrogen-bond donors (Lipinski definition) is 0. The van der Waals surface area contributed by atoms with Crippen molar-refractivity contribution in [2.24, 2.45) is 11.8 Å². The molecule has 24 heavy (non-hydrogen) atoms. The lowest BCUT2D eigenvalue weighted by molar-refractivity contribution is 0.473. The largest absolute Gasteiger partial charge is 0.273 e. The van der Waals surface area contributed by atoms with E-state index in [1.54, 1.807) is 10.3 Å². The quantitative estimate of drug-likeness (QED) is 0.341. The average Bonchev–Trinajstić information content (AvgIpc) is 2.74. The first-order valence-electron chi connectivity index (χ1n) is 9.91. The molecule has 0 amide bonds. The third-order valence-corrected chi connectivity index (χ3v) is 14.2. The lowest BCUT2D eigenvalue weighted by atomic mass is 10.0. The first-order valence-corrected chi connectivity index (χ1v) is 14.4. The summed E-state index contributed by atoms with van der Waals surface area (Å²) >= 11 is 0. The van der Waals surface area contributed by atoms with Gasteiger partial charge in [0.2, 0.25) is 0 Å². The molecule has 1 nitrogen and oxygen atoms in total. The van der Waals surface area contributed by atoms with Gasteiger partial charge in [-0.2, -0.15) is 0 Å². The highest BCUT2D eigenvalue weighted by atomic mass is 32.9. The molecule has 2 heterocycles. The third-order valence-electron chi connectivity index (χ3n) is 5.68. The van der Waals surface area contributed by atoms with Crippen molar-refractivity contribution in [3.8, 4) is 0 Å². The van der Waals surface area contributed by atoms with Crippen molar-refractivity contribution in [3.63, 3.8) is 0 Å². The molecule has 1 aliphatic heterocycles. The molecule has 2 unspecified atom stereocenters. The molecule has 0 radical (unpaired) electrons. The summed E-state index contributed by atoms with van der Waals surface area (Å²) in [6.07, 6.45) is 12.0. The maximum absolute atomic E-state index is 14.7. The van der Waals surface area contributed by atoms with Crippen molar-refractivity contribution in [1.29, 1.82) is 0 Å². The molecule has 0 aromatic carbocycles. The third kappa shape index (κ3) is 4.24. The van der Waals surface area contributed by atoms with Gasteiger partial charge in [0, 0.05) is 11.5 Å². The summed E-state index contributed by atoms with van der Waals surface area (Å²) < 4.78 is 15.9. The van der Waals surface area contributed by atoms with Gasteiger partial charge in [-0.1, -0.05) is 86.9 Å². The fraction of sp³-hybridized carbons (Fsp3) is 0.800. The zero-order chi connectivity index (χ0) is 17.7. The van der Waals surface area contributed by atoms with E-state index in [1.807, 2.05) is 10.3 Å². The van der Waals surface area contributed by atoms with Crippen LogP contribution in [0.4, 0.5) is 0 Å². The molecule has 0 bridgehead atoms. The van der Waals surface area contributed by atoms with E-state index in [0.717, 1.165) is 24.3 Å². The van der Waals surface area contributed by atoms with Gasteiger partial charge in [0.1, 0.15) is 4.21 Å². The van der Waals surface area contributed by atoms with Crippen LogP contribution in [-0.2, 0) is 9.07 Å². The van der Waals surface area contributed by atoms with Crippen molar-refractivity contribution in [2.45, 2.75) is 83.3 Å². The summed E-state index contributed by atoms with van der Waals surface area (Å²) in [5.74, 6) is 3.05. The summed E-state index contributed by atoms with van der Waals surface area (Å²) in [5, 5.41) is 2.18. The van der Waals surface area contributed by atoms with E-state index in [1.165, 1.54) is 47.6 Å². The van der Waals surface area contributed by atoms with Crippen LogP contribution >= 0.6 is 20.7 Å². The molecule has 0 fully saturated rings. The summed E-state index contributed by atoms with van der Waals surface area (Å²) in [4.78, 5) is 1.31. The molecule has 2 rings (SSSR count). The molecule has 0 saturated carbocycles. The van der Waals surface area contributed by atoms with Crippen LogP contribution in [0.2, 0.25) is 0 Å². The SMILES string of the molecule is CCCCC(CC)CS1(=O)(CC(CC)CCCC)C=Cc2ssc21. The van der Waals surface area contributed by atoms with Crippen LogP contribution < -0.4 is 0 Å². The van der Waals surface area contributed by atoms with E-state index in [9.17, 15) is 4.21 Å². The number of rotatable bonds is 12. The average molecular weight is 389 g/mol. The van der Waals surface area contributed by atoms with E-state index >= 15 is 0 Å². The minimum Gasteiger partial charge on any atom is -0.273 e. The highest BCUT2D eigenvalue weighted by Gasteiger charge is 2.46. The Morgan fingerprint density at radius 2 is 1.46 bits per heavy atom. The smallest absolute Gasteiger partial charge is 0.102 e. The van der Waals surface area contributed by atoms with Crippen LogP contribution in [0, 0.1) is 11.8 Å². The normalized spacial score (nSPS) is 21.9. The van der Waals surface area contributed by atoms with Crippen molar-refractivity contribution in [3.05, 3.63) is 10.3 Å². The Morgan fingerprint density at radius 1 is 0.917 bits per heavy atom. The number of hydrogen-bond acceptors (Lipinski definition) is 3. The molecule has 1 aliphatic rings. The van der Waals surface area contributed by atoms with Crippen LogP contribution in [0.25, 0.3) is 6.08 Å². The molecule has 4 heteroatoms. The van der Waals surface area contributed by atoms with Crippen molar-refractivity contribution < 1.29 is 4.21 Å². The minimum absolute atomic E-state index is 0.607. The van der Waals surface area contributed by atoms with E-state index in [-0.39, 0.29) is 0 Å². The van der Waals surface area contributed by atoms with Crippen molar-refractivity contribution in [1.82, 2.24) is 0 Å². The van der Waals surface area contributed by atoms with Crippen LogP contribution in [0.3, 0.4) is 0 Å². The van der Waals surface area contributed by atoms with Crippen LogP contribution in [-0.4, -0.2) is 15.7 Å². The molecule has 1 aromatic rings. The highest BCUT2D eigenvalue weighted by Crippen LogP contribution is 2.56. The summed E-state index contributed by atoms with van der Waals surface area (Å²) in [5.41, 5.74) is 0. The Kier molecular flexibility index (Phi) is 7.34. The lowest BCUT2D eigenvalue weighted by Crippen LogP contribution is -2.42. The molecular formula is C20H36OS3. The van der Waals surface area contributed by atoms with Gasteiger partial charge in [-0.05, 0) is 45.2 Å². The lowest BCUT2D eigenvalue weighted by Gasteiger charge is -2.42. The van der Waals surface area contributed by atoms with Crippen molar-refractivity contribution in [2.75, 3.05) is 11.5 Å². The second-order valence-corrected chi connectivity index (χ2v) is 14.2. The highest BCUT2D eigenvalue weighted by molar-refractivity contribution is 8.25. The molecular weight excluding hydrogens is 352 g/mol. The van der Waals surface area contributed by atoms with Gasteiger partial charge < -0.3 is 0 Å². The monoisotopic (exact) mass is 388 g/mol. The number of fused-ring (bicyclic) bond motifs is 1. The molecule has 0 saturated heterocycles. The summed E-state index contributed by atoms with van der Waals surface area (Å²) in [6, 6.07) is 0. The molecule has 0 spiro atoms. The van der Waals surface area contributed by atoms with E-state index in [4.69, 9.17) is 0 Å². The predicted octanol–water partition coefficient (Wildman–Crippen LogP) is 7.41. The van der Waals surface area contributed by atoms with Gasteiger partial charge >= 0.3 is 0 Å². The van der Waals surface area contributed by atoms with Gasteiger partial charge in [-0.25, -0.2) is 0 Å². The Labute approximate surface area is 156 Å². The topological polar surface area (TPSA) is 17.1 Å². The molecule has 2 atom stereocenters. The Bertz CT molecular complexity index is 571. The first kappa shape index (κ1) is 20.4. The van der Waals surface area contributed by atoms with Gasteiger partial charge in [-0.3, -0.25) is 4.21 Å². The molecule has 0 aliphatic carbocycles. The minimum atomic E-state index is -2.78. The van der Waals surface area contributed by atoms with Gasteiger partial charge in [-0.15, -0.1) is 0 Å². The van der Waals surface area contributed by atoms with Crippen LogP contribution in [0.1, 0.15) is 83.9 Å². The van der Waals surface area contributed by atoms with E-state index < -0.39 is 9.07 Å². The van der Waals surface area contributed by atoms with Gasteiger partial charge in [0.25, 0.3) is 0 Å². The predicted molar refractivity (Wildman–Crippen MR) is 114 cm³/mol. The Hall–Kier alpha value is 0.0700. The van der Waals surface area contributed by atoms with Gasteiger partial charge in [0.15, 0.2) is 0 Å². The Morgan fingerprint density at radius 3 is 1.79 bits per heavy atom. The number of unbranched alkanes of at least 4 members (excludes halogenated alkanes) is 2. The van der Waals surface area contributed by atoms with E-state index in [2.05, 4.69) is 39.2 Å². The Balaban J connectivity index is 2.25.